The summed E-state index contributed by atoms with van der Waals surface area (Å²) in [4.78, 5) is 4.16. The van der Waals surface area contributed by atoms with E-state index in [4.69, 9.17) is 22.6 Å². The molecule has 15 heavy (non-hydrogen) atoms. The van der Waals surface area contributed by atoms with Crippen molar-refractivity contribution in [2.75, 3.05) is 0 Å². The summed E-state index contributed by atoms with van der Waals surface area (Å²) in [6.45, 7) is 0.450. The van der Waals surface area contributed by atoms with Crippen LogP contribution in [-0.4, -0.2) is 4.98 Å². The second kappa shape index (κ2) is 3.85. The van der Waals surface area contributed by atoms with Crippen LogP contribution in [0.5, 0.6) is 0 Å². The van der Waals surface area contributed by atoms with Crippen molar-refractivity contribution >= 4 is 22.5 Å². The van der Waals surface area contributed by atoms with Gasteiger partial charge in [0.25, 0.3) is 0 Å². The maximum absolute atomic E-state index is 8.75. The molecule has 1 aromatic heterocycles. The second-order valence-electron chi connectivity index (χ2n) is 3.16. The minimum Gasteiger partial charge on any atom is -0.326 e. The summed E-state index contributed by atoms with van der Waals surface area (Å²) < 4.78 is 0. The second-order valence-corrected chi connectivity index (χ2v) is 3.56. The third kappa shape index (κ3) is 1.78. The highest BCUT2D eigenvalue weighted by Crippen LogP contribution is 2.23. The molecule has 2 aromatic rings. The number of rotatable bonds is 1. The molecule has 0 aliphatic heterocycles. The molecular formula is C11H8ClN3. The molecule has 0 saturated heterocycles. The molecule has 0 atom stereocenters. The molecule has 0 spiro atoms. The summed E-state index contributed by atoms with van der Waals surface area (Å²) in [7, 11) is 0. The normalized spacial score (nSPS) is 10.2. The molecule has 74 valence electrons. The molecule has 0 fully saturated rings. The van der Waals surface area contributed by atoms with E-state index in [0.717, 1.165) is 10.9 Å². The van der Waals surface area contributed by atoms with Crippen LogP contribution in [0.25, 0.3) is 10.9 Å². The number of hydrogen-bond acceptors (Lipinski definition) is 3. The number of pyridine rings is 1. The molecule has 0 amide bonds. The van der Waals surface area contributed by atoms with Gasteiger partial charge in [-0.2, -0.15) is 5.26 Å². The molecule has 3 nitrogen and oxygen atoms in total. The molecule has 2 rings (SSSR count). The van der Waals surface area contributed by atoms with Crippen LogP contribution in [0.15, 0.2) is 24.3 Å². The van der Waals surface area contributed by atoms with Crippen LogP contribution >= 0.6 is 11.6 Å². The van der Waals surface area contributed by atoms with Gasteiger partial charge < -0.3 is 5.73 Å². The van der Waals surface area contributed by atoms with Crippen molar-refractivity contribution in [1.29, 1.82) is 5.26 Å². The van der Waals surface area contributed by atoms with Crippen molar-refractivity contribution in [3.8, 4) is 6.07 Å². The summed E-state index contributed by atoms with van der Waals surface area (Å²) in [6, 6.07) is 9.16. The van der Waals surface area contributed by atoms with Gasteiger partial charge in [0.2, 0.25) is 0 Å². The van der Waals surface area contributed by atoms with Crippen molar-refractivity contribution in [1.82, 2.24) is 4.98 Å². The Kier molecular flexibility index (Phi) is 2.55. The Hall–Kier alpha value is -1.63. The van der Waals surface area contributed by atoms with E-state index in [1.807, 2.05) is 24.3 Å². The van der Waals surface area contributed by atoms with Crippen LogP contribution in [0.2, 0.25) is 5.02 Å². The topological polar surface area (TPSA) is 62.7 Å². The van der Waals surface area contributed by atoms with E-state index in [2.05, 4.69) is 4.98 Å². The largest absolute Gasteiger partial charge is 0.326 e. The van der Waals surface area contributed by atoms with Crippen molar-refractivity contribution in [3.05, 3.63) is 40.5 Å². The van der Waals surface area contributed by atoms with E-state index in [9.17, 15) is 0 Å². The Bertz CT molecular complexity index is 557. The van der Waals surface area contributed by atoms with Crippen molar-refractivity contribution in [3.63, 3.8) is 0 Å². The molecule has 0 bridgehead atoms. The maximum Gasteiger partial charge on any atom is 0.142 e. The monoisotopic (exact) mass is 217 g/mol. The van der Waals surface area contributed by atoms with Crippen molar-refractivity contribution < 1.29 is 0 Å². The predicted molar refractivity (Wildman–Crippen MR) is 59.4 cm³/mol. The highest BCUT2D eigenvalue weighted by Gasteiger charge is 2.04. The van der Waals surface area contributed by atoms with Gasteiger partial charge in [-0.1, -0.05) is 23.7 Å². The number of nitrogens with two attached hydrogens (primary N) is 1. The van der Waals surface area contributed by atoms with Gasteiger partial charge in [0.15, 0.2) is 0 Å². The lowest BCUT2D eigenvalue weighted by Gasteiger charge is -2.02. The summed E-state index contributed by atoms with van der Waals surface area (Å²) in [5.74, 6) is 0. The lowest BCUT2D eigenvalue weighted by Crippen LogP contribution is -1.96. The zero-order chi connectivity index (χ0) is 10.8. The molecule has 0 radical (unpaired) electrons. The number of aromatic nitrogens is 1. The molecule has 1 aromatic carbocycles. The third-order valence-corrected chi connectivity index (χ3v) is 2.49. The number of hydrogen-bond donors (Lipinski definition) is 1. The Morgan fingerprint density at radius 2 is 2.20 bits per heavy atom. The zero-order valence-corrected chi connectivity index (χ0v) is 8.62. The number of halogens is 1. The van der Waals surface area contributed by atoms with Gasteiger partial charge >= 0.3 is 0 Å². The molecule has 1 heterocycles. The molecule has 2 N–H and O–H groups in total. The first-order valence-corrected chi connectivity index (χ1v) is 4.81. The summed E-state index contributed by atoms with van der Waals surface area (Å²) in [5, 5.41) is 10.1. The Labute approximate surface area is 92.1 Å². The third-order valence-electron chi connectivity index (χ3n) is 2.17. The summed E-state index contributed by atoms with van der Waals surface area (Å²) >= 11 is 6.01. The van der Waals surface area contributed by atoms with Gasteiger partial charge in [-0.25, -0.2) is 4.98 Å². The van der Waals surface area contributed by atoms with E-state index in [0.29, 0.717) is 22.8 Å². The standard InChI is InChI=1S/C11H8ClN3/c12-10-4-8(6-14)15-11-3-7(5-13)1-2-9(10)11/h1-4H,5,13H2. The minimum absolute atomic E-state index is 0.321. The first-order valence-electron chi connectivity index (χ1n) is 4.44. The molecule has 4 heteroatoms. The molecule has 0 aliphatic carbocycles. The van der Waals surface area contributed by atoms with Gasteiger partial charge in [-0.3, -0.25) is 0 Å². The highest BCUT2D eigenvalue weighted by molar-refractivity contribution is 6.35. The summed E-state index contributed by atoms with van der Waals surface area (Å²) in [6.07, 6.45) is 0. The maximum atomic E-state index is 8.75. The quantitative estimate of drug-likeness (QED) is 0.797. The van der Waals surface area contributed by atoms with E-state index in [1.165, 1.54) is 0 Å². The average molecular weight is 218 g/mol. The molecular weight excluding hydrogens is 210 g/mol. The fraction of sp³-hybridized carbons (Fsp3) is 0.0909. The zero-order valence-electron chi connectivity index (χ0n) is 7.87. The number of nitriles is 1. The smallest absolute Gasteiger partial charge is 0.142 e. The fourth-order valence-electron chi connectivity index (χ4n) is 1.42. The van der Waals surface area contributed by atoms with Gasteiger partial charge in [0, 0.05) is 11.9 Å². The van der Waals surface area contributed by atoms with Gasteiger partial charge in [0.05, 0.1) is 10.5 Å². The van der Waals surface area contributed by atoms with E-state index < -0.39 is 0 Å². The number of benzene rings is 1. The molecule has 0 saturated carbocycles. The first kappa shape index (κ1) is 9.91. The van der Waals surface area contributed by atoms with Crippen molar-refractivity contribution in [2.45, 2.75) is 6.54 Å². The predicted octanol–water partition coefficient (Wildman–Crippen LogP) is 2.22. The number of fused-ring (bicyclic) bond motifs is 1. The minimum atomic E-state index is 0.321. The first-order chi connectivity index (χ1) is 7.24. The van der Waals surface area contributed by atoms with Crippen LogP contribution in [0, 0.1) is 11.3 Å². The van der Waals surface area contributed by atoms with Crippen LogP contribution in [0.4, 0.5) is 0 Å². The number of nitrogens with zero attached hydrogens (tertiary/aromatic N) is 2. The van der Waals surface area contributed by atoms with Crippen molar-refractivity contribution in [2.24, 2.45) is 5.73 Å². The lowest BCUT2D eigenvalue weighted by atomic mass is 10.1. The Morgan fingerprint density at radius 1 is 1.40 bits per heavy atom. The Morgan fingerprint density at radius 3 is 2.87 bits per heavy atom. The van der Waals surface area contributed by atoms with Crippen LogP contribution in [0.3, 0.4) is 0 Å². The Balaban J connectivity index is 2.76. The van der Waals surface area contributed by atoms with Gasteiger partial charge in [0.1, 0.15) is 11.8 Å². The summed E-state index contributed by atoms with van der Waals surface area (Å²) in [5.41, 5.74) is 7.53. The highest BCUT2D eigenvalue weighted by atomic mass is 35.5. The fourth-order valence-corrected chi connectivity index (χ4v) is 1.68. The van der Waals surface area contributed by atoms with E-state index >= 15 is 0 Å². The van der Waals surface area contributed by atoms with Crippen LogP contribution < -0.4 is 5.73 Å². The van der Waals surface area contributed by atoms with Crippen LogP contribution in [-0.2, 0) is 6.54 Å². The molecule has 0 aliphatic rings. The molecule has 0 unspecified atom stereocenters. The van der Waals surface area contributed by atoms with Gasteiger partial charge in [-0.15, -0.1) is 0 Å². The average Bonchev–Trinajstić information content (AvgIpc) is 2.28. The van der Waals surface area contributed by atoms with E-state index in [-0.39, 0.29) is 0 Å². The SMILES string of the molecule is N#Cc1cc(Cl)c2ccc(CN)cc2n1. The lowest BCUT2D eigenvalue weighted by molar-refractivity contribution is 1.07. The van der Waals surface area contributed by atoms with E-state index in [1.54, 1.807) is 6.07 Å². The van der Waals surface area contributed by atoms with Crippen LogP contribution in [0.1, 0.15) is 11.3 Å². The van der Waals surface area contributed by atoms with Gasteiger partial charge in [-0.05, 0) is 17.7 Å².